The first-order valence-electron chi connectivity index (χ1n) is 14.1. The number of carbonyl (C=O) groups excluding carboxylic acids is 2. The number of piperidine rings is 1. The van der Waals surface area contributed by atoms with Crippen molar-refractivity contribution in [2.75, 3.05) is 26.2 Å². The highest BCUT2D eigenvalue weighted by Gasteiger charge is 2.38. The van der Waals surface area contributed by atoms with E-state index in [0.29, 0.717) is 45.6 Å². The monoisotopic (exact) mass is 727 g/mol. The maximum absolute atomic E-state index is 13.2. The Morgan fingerprint density at radius 1 is 0.957 bits per heavy atom. The molecule has 2 aromatic carbocycles. The number of hydrogen-bond donors (Lipinski definition) is 3. The molecular formula is C29H34Cl2F3N3O9S. The van der Waals surface area contributed by atoms with Crippen LogP contribution in [0.1, 0.15) is 37.7 Å². The maximum atomic E-state index is 13.2. The molecule has 4 rings (SSSR count). The Balaban J connectivity index is 0.000000864. The fourth-order valence-corrected chi connectivity index (χ4v) is 6.94. The van der Waals surface area contributed by atoms with Crippen LogP contribution in [0.4, 0.5) is 13.2 Å². The van der Waals surface area contributed by atoms with E-state index in [1.165, 1.54) is 28.9 Å². The number of carboxylic acid groups (broad SMARTS) is 2. The fourth-order valence-electron chi connectivity index (χ4n) is 4.83. The van der Waals surface area contributed by atoms with Gasteiger partial charge in [0, 0.05) is 23.0 Å². The summed E-state index contributed by atoms with van der Waals surface area (Å²) in [7, 11) is -1.69. The van der Waals surface area contributed by atoms with Crippen molar-refractivity contribution in [2.24, 2.45) is 0 Å². The summed E-state index contributed by atoms with van der Waals surface area (Å²) >= 11 is 12.1. The molecule has 2 heterocycles. The molecule has 0 saturated carbocycles. The van der Waals surface area contributed by atoms with Gasteiger partial charge in [-0.1, -0.05) is 41.8 Å². The summed E-state index contributed by atoms with van der Waals surface area (Å²) in [6.45, 7) is 2.42. The largest absolute Gasteiger partial charge is 0.490 e. The summed E-state index contributed by atoms with van der Waals surface area (Å²) in [5.74, 6) is -4.41. The Kier molecular flexibility index (Phi) is 15.5. The fraction of sp³-hybridized carbons (Fsp3) is 0.448. The zero-order valence-corrected chi connectivity index (χ0v) is 27.1. The molecule has 12 nitrogen and oxygen atoms in total. The molecular weight excluding hydrogens is 694 g/mol. The van der Waals surface area contributed by atoms with E-state index in [2.05, 4.69) is 10.2 Å². The number of likely N-dealkylation sites (tertiary alicyclic amines) is 1. The molecule has 5 N–H and O–H groups in total. The van der Waals surface area contributed by atoms with Gasteiger partial charge in [0.1, 0.15) is 28.8 Å². The van der Waals surface area contributed by atoms with E-state index >= 15 is 0 Å². The average Bonchev–Trinajstić information content (AvgIpc) is 3.47. The molecule has 18 heteroatoms. The predicted molar refractivity (Wildman–Crippen MR) is 166 cm³/mol. The third kappa shape index (κ3) is 12.7. The van der Waals surface area contributed by atoms with Gasteiger partial charge in [-0.05, 0) is 74.7 Å². The zero-order valence-electron chi connectivity index (χ0n) is 24.8. The highest BCUT2D eigenvalue weighted by molar-refractivity contribution is 7.82. The van der Waals surface area contributed by atoms with Crippen LogP contribution >= 0.6 is 23.2 Å². The van der Waals surface area contributed by atoms with Crippen LogP contribution in [0.2, 0.25) is 10.0 Å². The Hall–Kier alpha value is -3.28. The number of carbonyl (C=O) groups is 4. The van der Waals surface area contributed by atoms with Gasteiger partial charge in [0.05, 0.1) is 11.4 Å². The number of amides is 1. The van der Waals surface area contributed by atoms with Crippen molar-refractivity contribution >= 4 is 58.0 Å². The number of aliphatic carboxylic acids is 2. The van der Waals surface area contributed by atoms with Crippen molar-refractivity contribution in [2.45, 2.75) is 61.7 Å². The number of esters is 1. The van der Waals surface area contributed by atoms with Gasteiger partial charge in [0.15, 0.2) is 0 Å². The number of halogens is 5. The minimum absolute atomic E-state index is 0. The minimum Gasteiger partial charge on any atom is -0.480 e. The van der Waals surface area contributed by atoms with E-state index in [1.54, 1.807) is 24.3 Å². The number of nitrogens with one attached hydrogen (secondary N) is 1. The predicted octanol–water partition coefficient (Wildman–Crippen LogP) is 3.49. The molecule has 260 valence electrons. The lowest BCUT2D eigenvalue weighted by Gasteiger charge is -2.25. The first-order valence-corrected chi connectivity index (χ1v) is 16.0. The van der Waals surface area contributed by atoms with Crippen LogP contribution in [-0.4, -0.2) is 97.4 Å². The molecule has 1 unspecified atom stereocenters. The van der Waals surface area contributed by atoms with Crippen molar-refractivity contribution in [3.8, 4) is 5.75 Å². The number of hydrogen-bond acceptors (Lipinski definition) is 7. The molecule has 2 saturated heterocycles. The van der Waals surface area contributed by atoms with Gasteiger partial charge in [-0.2, -0.15) is 13.2 Å². The van der Waals surface area contributed by atoms with Crippen LogP contribution in [0.15, 0.2) is 47.4 Å². The molecule has 0 aromatic heterocycles. The lowest BCUT2D eigenvalue weighted by Crippen LogP contribution is -2.50. The molecule has 0 spiro atoms. The molecule has 2 aliphatic heterocycles. The van der Waals surface area contributed by atoms with Gasteiger partial charge in [-0.3, -0.25) is 14.5 Å². The summed E-state index contributed by atoms with van der Waals surface area (Å²) in [4.78, 5) is 48.7. The van der Waals surface area contributed by atoms with Gasteiger partial charge in [0.25, 0.3) is 0 Å². The van der Waals surface area contributed by atoms with E-state index in [4.69, 9.17) is 37.8 Å². The first-order chi connectivity index (χ1) is 21.6. The van der Waals surface area contributed by atoms with Gasteiger partial charge in [-0.15, -0.1) is 0 Å². The number of ether oxygens (including phenoxy) is 1. The lowest BCUT2D eigenvalue weighted by molar-refractivity contribution is -0.192. The average molecular weight is 729 g/mol. The summed E-state index contributed by atoms with van der Waals surface area (Å²) in [6.07, 6.45) is -0.638. The number of carboxylic acids is 2. The molecule has 47 heavy (non-hydrogen) atoms. The highest BCUT2D eigenvalue weighted by atomic mass is 35.5. The van der Waals surface area contributed by atoms with E-state index in [9.17, 15) is 36.9 Å². The van der Waals surface area contributed by atoms with Crippen LogP contribution in [0.25, 0.3) is 0 Å². The Morgan fingerprint density at radius 3 is 2.06 bits per heavy atom. The molecule has 2 aromatic rings. The standard InChI is InChI=1S/C27H31Cl2N3O6S.C2HF3O2.H2O/c28-19-14-20(29)16-22(15-19)39(37)32-12-4-5-24(32)26(34)30-23(27(35)36)13-18-6-8-21(9-7-18)38-25(33)17-31-10-2-1-3-11-31;3-2(4,5)1(6)7;/h6-9,14-16,23-24H,1-5,10-13,17H2,(H,30,34)(H,35,36);(H,6,7);1H2/t23-,24-,39?;;/m0../s1. The SMILES string of the molecule is O.O=C(CN1CCCCC1)Oc1ccc(C[C@H](NC(=O)[C@@H]2CCCN2S(=O)c2cc(Cl)cc(Cl)c2)C(=O)O)cc1.O=C(O)C(F)(F)F. The molecule has 3 atom stereocenters. The summed E-state index contributed by atoms with van der Waals surface area (Å²) in [6, 6.07) is 9.22. The number of benzene rings is 2. The van der Waals surface area contributed by atoms with Crippen molar-refractivity contribution in [3.05, 3.63) is 58.1 Å². The normalized spacial score (nSPS) is 18.1. The van der Waals surface area contributed by atoms with Crippen LogP contribution in [-0.2, 0) is 36.6 Å². The van der Waals surface area contributed by atoms with Crippen LogP contribution in [0.3, 0.4) is 0 Å². The molecule has 1 amide bonds. The number of alkyl halides is 3. The van der Waals surface area contributed by atoms with Crippen molar-refractivity contribution in [1.29, 1.82) is 0 Å². The van der Waals surface area contributed by atoms with E-state index in [-0.39, 0.29) is 24.4 Å². The molecule has 0 aliphatic carbocycles. The number of rotatable bonds is 10. The summed E-state index contributed by atoms with van der Waals surface area (Å²) < 4.78 is 51.9. The molecule has 0 radical (unpaired) electrons. The lowest BCUT2D eigenvalue weighted by atomic mass is 10.1. The molecule has 0 bridgehead atoms. The molecule has 2 aliphatic rings. The minimum atomic E-state index is -5.08. The van der Waals surface area contributed by atoms with Crippen molar-refractivity contribution in [1.82, 2.24) is 14.5 Å². The Morgan fingerprint density at radius 2 is 1.53 bits per heavy atom. The third-order valence-electron chi connectivity index (χ3n) is 7.01. The van der Waals surface area contributed by atoms with E-state index in [1.807, 2.05) is 0 Å². The van der Waals surface area contributed by atoms with E-state index < -0.39 is 47.1 Å². The number of nitrogens with zero attached hydrogens (tertiary/aromatic N) is 2. The second-order valence-corrected chi connectivity index (χ2v) is 12.8. The Labute approximate surface area is 280 Å². The van der Waals surface area contributed by atoms with E-state index in [0.717, 1.165) is 25.9 Å². The van der Waals surface area contributed by atoms with Gasteiger partial charge < -0.3 is 25.7 Å². The second kappa shape index (κ2) is 18.3. The van der Waals surface area contributed by atoms with Crippen LogP contribution in [0.5, 0.6) is 5.75 Å². The van der Waals surface area contributed by atoms with Gasteiger partial charge in [0.2, 0.25) is 5.91 Å². The first kappa shape index (κ1) is 39.9. The summed E-state index contributed by atoms with van der Waals surface area (Å²) in [5, 5.41) is 20.2. The topological polar surface area (TPSA) is 185 Å². The van der Waals surface area contributed by atoms with Gasteiger partial charge >= 0.3 is 24.1 Å². The maximum Gasteiger partial charge on any atom is 0.490 e. The van der Waals surface area contributed by atoms with Crippen LogP contribution in [0, 0.1) is 0 Å². The van der Waals surface area contributed by atoms with Crippen molar-refractivity contribution < 1.29 is 57.0 Å². The van der Waals surface area contributed by atoms with Gasteiger partial charge in [-0.25, -0.2) is 18.1 Å². The summed E-state index contributed by atoms with van der Waals surface area (Å²) in [5.41, 5.74) is 0.652. The second-order valence-electron chi connectivity index (χ2n) is 10.5. The highest BCUT2D eigenvalue weighted by Crippen LogP contribution is 2.27. The van der Waals surface area contributed by atoms with Crippen molar-refractivity contribution in [3.63, 3.8) is 0 Å². The smallest absolute Gasteiger partial charge is 0.480 e. The Bertz CT molecular complexity index is 1410. The molecule has 2 fully saturated rings. The third-order valence-corrected chi connectivity index (χ3v) is 8.95. The van der Waals surface area contributed by atoms with Crippen LogP contribution < -0.4 is 10.1 Å². The quantitative estimate of drug-likeness (QED) is 0.243. The zero-order chi connectivity index (χ0) is 34.0.